The van der Waals surface area contributed by atoms with E-state index in [4.69, 9.17) is 11.6 Å². The number of nitrogens with zero attached hydrogens (tertiary/aromatic N) is 1. The molecule has 0 heterocycles. The van der Waals surface area contributed by atoms with E-state index in [-0.39, 0.29) is 24.0 Å². The number of halogens is 3. The Morgan fingerprint density at radius 3 is 2.32 bits per heavy atom. The zero-order valence-corrected chi connectivity index (χ0v) is 12.5. The van der Waals surface area contributed by atoms with Crippen LogP contribution in [0.5, 0.6) is 0 Å². The van der Waals surface area contributed by atoms with E-state index in [9.17, 15) is 17.2 Å². The van der Waals surface area contributed by atoms with E-state index >= 15 is 0 Å². The minimum absolute atomic E-state index is 0.0898. The number of hydrogen-bond acceptors (Lipinski definition) is 2. The van der Waals surface area contributed by atoms with Crippen molar-refractivity contribution in [3.8, 4) is 0 Å². The van der Waals surface area contributed by atoms with E-state index in [0.717, 1.165) is 16.4 Å². The normalized spacial score (nSPS) is 12.4. The third-order valence-corrected chi connectivity index (χ3v) is 5.14. The van der Waals surface area contributed by atoms with Gasteiger partial charge in [-0.15, -0.1) is 11.6 Å². The number of benzene rings is 1. The smallest absolute Gasteiger partial charge is 0.207 e. The van der Waals surface area contributed by atoms with Gasteiger partial charge in [-0.25, -0.2) is 17.2 Å². The quantitative estimate of drug-likeness (QED) is 0.784. The third kappa shape index (κ3) is 3.24. The average molecular weight is 312 g/mol. The lowest BCUT2D eigenvalue weighted by atomic mass is 10.2. The van der Waals surface area contributed by atoms with Gasteiger partial charge in [0.2, 0.25) is 10.0 Å². The molecule has 1 aromatic carbocycles. The maximum absolute atomic E-state index is 13.7. The Balaban J connectivity index is 3.47. The predicted molar refractivity (Wildman–Crippen MR) is 70.6 cm³/mol. The molecule has 1 aromatic rings. The Morgan fingerprint density at radius 2 is 1.89 bits per heavy atom. The molecule has 0 atom stereocenters. The molecule has 0 saturated carbocycles. The summed E-state index contributed by atoms with van der Waals surface area (Å²) in [6.07, 6.45) is 0. The van der Waals surface area contributed by atoms with Gasteiger partial charge in [0.15, 0.2) is 11.6 Å². The van der Waals surface area contributed by atoms with Gasteiger partial charge in [-0.05, 0) is 31.5 Å². The molecule has 0 aliphatic carbocycles. The molecular weight excluding hydrogens is 296 g/mol. The van der Waals surface area contributed by atoms with Crippen molar-refractivity contribution in [2.75, 3.05) is 6.54 Å². The standard InChI is InChI=1S/C12H16ClF2NO2S/c1-4-16(8(2)3)19(17,18)11-6-9(7-13)5-10(14)12(11)15/h5-6,8H,4,7H2,1-3H3. The summed E-state index contributed by atoms with van der Waals surface area (Å²) in [5, 5.41) is 0. The van der Waals surface area contributed by atoms with E-state index in [1.807, 2.05) is 0 Å². The molecule has 1 rings (SSSR count). The van der Waals surface area contributed by atoms with Crippen LogP contribution in [0.25, 0.3) is 0 Å². The molecule has 19 heavy (non-hydrogen) atoms. The maximum Gasteiger partial charge on any atom is 0.246 e. The fraction of sp³-hybridized carbons (Fsp3) is 0.500. The molecule has 0 unspecified atom stereocenters. The van der Waals surface area contributed by atoms with Crippen LogP contribution in [-0.4, -0.2) is 25.3 Å². The van der Waals surface area contributed by atoms with Crippen LogP contribution < -0.4 is 0 Å². The molecule has 108 valence electrons. The van der Waals surface area contributed by atoms with Crippen molar-refractivity contribution in [1.29, 1.82) is 0 Å². The largest absolute Gasteiger partial charge is 0.246 e. The van der Waals surface area contributed by atoms with Crippen molar-refractivity contribution in [3.05, 3.63) is 29.3 Å². The zero-order valence-electron chi connectivity index (χ0n) is 11.0. The van der Waals surface area contributed by atoms with E-state index < -0.39 is 26.6 Å². The molecule has 7 heteroatoms. The zero-order chi connectivity index (χ0) is 14.8. The van der Waals surface area contributed by atoms with Crippen LogP contribution in [0.3, 0.4) is 0 Å². The summed E-state index contributed by atoms with van der Waals surface area (Å²) in [4.78, 5) is -0.668. The molecule has 0 aliphatic rings. The summed E-state index contributed by atoms with van der Waals surface area (Å²) in [7, 11) is -4.08. The van der Waals surface area contributed by atoms with Crippen LogP contribution in [-0.2, 0) is 15.9 Å². The highest BCUT2D eigenvalue weighted by molar-refractivity contribution is 7.89. The van der Waals surface area contributed by atoms with E-state index in [1.165, 1.54) is 0 Å². The second-order valence-corrected chi connectivity index (χ2v) is 6.45. The predicted octanol–water partition coefficient (Wildman–Crippen LogP) is 3.12. The highest BCUT2D eigenvalue weighted by atomic mass is 35.5. The van der Waals surface area contributed by atoms with Crippen molar-refractivity contribution in [3.63, 3.8) is 0 Å². The summed E-state index contributed by atoms with van der Waals surface area (Å²) < 4.78 is 52.9. The van der Waals surface area contributed by atoms with Gasteiger partial charge in [-0.3, -0.25) is 0 Å². The summed E-state index contributed by atoms with van der Waals surface area (Å²) in [6.45, 7) is 5.14. The first-order valence-electron chi connectivity index (χ1n) is 5.81. The lowest BCUT2D eigenvalue weighted by molar-refractivity contribution is 0.365. The van der Waals surface area contributed by atoms with Crippen LogP contribution in [0.2, 0.25) is 0 Å². The van der Waals surface area contributed by atoms with Gasteiger partial charge in [-0.2, -0.15) is 4.31 Å². The molecular formula is C12H16ClF2NO2S. The van der Waals surface area contributed by atoms with Gasteiger partial charge in [0.1, 0.15) is 4.90 Å². The molecule has 0 fully saturated rings. The SMILES string of the molecule is CCN(C(C)C)S(=O)(=O)c1cc(CCl)cc(F)c1F. The summed E-state index contributed by atoms with van der Waals surface area (Å²) in [5.41, 5.74) is 0.221. The Labute approximate surface area is 117 Å². The molecule has 0 bridgehead atoms. The monoisotopic (exact) mass is 311 g/mol. The van der Waals surface area contributed by atoms with E-state index in [1.54, 1.807) is 20.8 Å². The van der Waals surface area contributed by atoms with Crippen molar-refractivity contribution >= 4 is 21.6 Å². The molecule has 0 amide bonds. The fourth-order valence-electron chi connectivity index (χ4n) is 1.82. The minimum atomic E-state index is -4.08. The van der Waals surface area contributed by atoms with E-state index in [2.05, 4.69) is 0 Å². The fourth-order valence-corrected chi connectivity index (χ4v) is 3.75. The van der Waals surface area contributed by atoms with Crippen molar-refractivity contribution in [2.45, 2.75) is 37.6 Å². The average Bonchev–Trinajstić information content (AvgIpc) is 2.32. The number of sulfonamides is 1. The molecule has 0 radical (unpaired) electrons. The molecule has 0 spiro atoms. The summed E-state index contributed by atoms with van der Waals surface area (Å²) in [5.74, 6) is -2.67. The van der Waals surface area contributed by atoms with Crippen LogP contribution in [0.1, 0.15) is 26.3 Å². The number of rotatable bonds is 5. The Kier molecular flexibility index (Phi) is 5.29. The minimum Gasteiger partial charge on any atom is -0.207 e. The topological polar surface area (TPSA) is 37.4 Å². The van der Waals surface area contributed by atoms with E-state index in [0.29, 0.717) is 0 Å². The molecule has 0 N–H and O–H groups in total. The van der Waals surface area contributed by atoms with Gasteiger partial charge in [0, 0.05) is 18.5 Å². The number of hydrogen-bond donors (Lipinski definition) is 0. The van der Waals surface area contributed by atoms with Gasteiger partial charge in [0.25, 0.3) is 0 Å². The summed E-state index contributed by atoms with van der Waals surface area (Å²) in [6, 6.07) is 1.62. The third-order valence-electron chi connectivity index (χ3n) is 2.68. The second kappa shape index (κ2) is 6.15. The van der Waals surface area contributed by atoms with Crippen LogP contribution >= 0.6 is 11.6 Å². The Morgan fingerprint density at radius 1 is 1.32 bits per heavy atom. The first-order chi connectivity index (χ1) is 8.75. The van der Waals surface area contributed by atoms with Crippen molar-refractivity contribution < 1.29 is 17.2 Å². The van der Waals surface area contributed by atoms with Gasteiger partial charge in [0.05, 0.1) is 0 Å². The molecule has 0 saturated heterocycles. The molecule has 3 nitrogen and oxygen atoms in total. The second-order valence-electron chi connectivity index (χ2n) is 4.33. The van der Waals surface area contributed by atoms with Gasteiger partial charge < -0.3 is 0 Å². The highest BCUT2D eigenvalue weighted by Crippen LogP contribution is 2.25. The highest BCUT2D eigenvalue weighted by Gasteiger charge is 2.30. The van der Waals surface area contributed by atoms with Crippen LogP contribution in [0, 0.1) is 11.6 Å². The first-order valence-corrected chi connectivity index (χ1v) is 7.78. The lowest BCUT2D eigenvalue weighted by Gasteiger charge is -2.24. The lowest BCUT2D eigenvalue weighted by Crippen LogP contribution is -2.37. The van der Waals surface area contributed by atoms with Gasteiger partial charge >= 0.3 is 0 Å². The van der Waals surface area contributed by atoms with Gasteiger partial charge in [-0.1, -0.05) is 6.92 Å². The number of alkyl halides is 1. The summed E-state index contributed by atoms with van der Waals surface area (Å²) >= 11 is 5.55. The molecule has 0 aliphatic heterocycles. The van der Waals surface area contributed by atoms with Crippen molar-refractivity contribution in [2.24, 2.45) is 0 Å². The molecule has 0 aromatic heterocycles. The van der Waals surface area contributed by atoms with Crippen LogP contribution in [0.15, 0.2) is 17.0 Å². The first kappa shape index (κ1) is 16.3. The van der Waals surface area contributed by atoms with Crippen molar-refractivity contribution in [1.82, 2.24) is 4.31 Å². The Bertz CT molecular complexity index is 561. The van der Waals surface area contributed by atoms with Crippen LogP contribution in [0.4, 0.5) is 8.78 Å². The Hall–Kier alpha value is -0.720. The maximum atomic E-state index is 13.7.